The van der Waals surface area contributed by atoms with Crippen LogP contribution in [0.25, 0.3) is 33.8 Å². The summed E-state index contributed by atoms with van der Waals surface area (Å²) in [6.45, 7) is 7.69. The Morgan fingerprint density at radius 3 is 2.56 bits per heavy atom. The topological polar surface area (TPSA) is 54.1 Å². The van der Waals surface area contributed by atoms with E-state index in [-0.39, 0.29) is 0 Å². The van der Waals surface area contributed by atoms with Gasteiger partial charge in [0.15, 0.2) is 6.73 Å². The molecule has 5 aromatic rings. The van der Waals surface area contributed by atoms with Gasteiger partial charge in [-0.3, -0.25) is 4.57 Å². The van der Waals surface area contributed by atoms with Crippen molar-refractivity contribution in [3.63, 3.8) is 0 Å². The maximum atomic E-state index is 6.45. The highest BCUT2D eigenvalue weighted by molar-refractivity contribution is 5.83. The number of nitrogens with zero attached hydrogens (tertiary/aromatic N) is 4. The molecule has 2 aliphatic heterocycles. The van der Waals surface area contributed by atoms with Crippen LogP contribution in [0.3, 0.4) is 0 Å². The van der Waals surface area contributed by atoms with Crippen LogP contribution in [-0.2, 0) is 19.7 Å². The quantitative estimate of drug-likeness (QED) is 0.323. The van der Waals surface area contributed by atoms with Gasteiger partial charge in [0.2, 0.25) is 0 Å². The van der Waals surface area contributed by atoms with E-state index in [0.717, 1.165) is 75.3 Å². The van der Waals surface area contributed by atoms with Crippen LogP contribution < -0.4 is 9.47 Å². The first-order valence-electron chi connectivity index (χ1n) is 11.6. The van der Waals surface area contributed by atoms with Gasteiger partial charge in [-0.2, -0.15) is 0 Å². The summed E-state index contributed by atoms with van der Waals surface area (Å²) in [4.78, 5) is 9.68. The molecule has 6 heteroatoms. The van der Waals surface area contributed by atoms with Gasteiger partial charge >= 0.3 is 0 Å². The smallest absolute Gasteiger partial charge is 0.167 e. The molecule has 0 atom stereocenters. The zero-order valence-corrected chi connectivity index (χ0v) is 19.4. The number of fused-ring (bicyclic) bond motifs is 8. The van der Waals surface area contributed by atoms with Gasteiger partial charge in [0.05, 0.1) is 22.3 Å². The van der Waals surface area contributed by atoms with Crippen LogP contribution in [0.4, 0.5) is 0 Å². The summed E-state index contributed by atoms with van der Waals surface area (Å²) in [6.07, 6.45) is 3.13. The van der Waals surface area contributed by atoms with Gasteiger partial charge in [0.1, 0.15) is 28.9 Å². The summed E-state index contributed by atoms with van der Waals surface area (Å²) in [6, 6.07) is 16.5. The van der Waals surface area contributed by atoms with E-state index in [0.29, 0.717) is 6.73 Å². The number of hydrogen-bond donors (Lipinski definition) is 0. The lowest BCUT2D eigenvalue weighted by Gasteiger charge is -2.23. The van der Waals surface area contributed by atoms with E-state index in [2.05, 4.69) is 47.4 Å². The molecule has 0 spiro atoms. The molecule has 4 heterocycles. The molecule has 6 nitrogen and oxygen atoms in total. The molecule has 0 radical (unpaired) electrons. The molecule has 0 fully saturated rings. The Balaban J connectivity index is 1.32. The van der Waals surface area contributed by atoms with Gasteiger partial charge in [0.25, 0.3) is 0 Å². The molecule has 168 valence electrons. The first kappa shape index (κ1) is 19.4. The minimum Gasteiger partial charge on any atom is -0.472 e. The van der Waals surface area contributed by atoms with Crippen LogP contribution in [0.15, 0.2) is 54.7 Å². The van der Waals surface area contributed by atoms with Crippen LogP contribution in [0.2, 0.25) is 0 Å². The van der Waals surface area contributed by atoms with Crippen molar-refractivity contribution in [2.45, 2.75) is 40.5 Å². The van der Waals surface area contributed by atoms with Crippen molar-refractivity contribution in [1.29, 1.82) is 0 Å². The first-order valence-corrected chi connectivity index (χ1v) is 11.6. The lowest BCUT2D eigenvalue weighted by atomic mass is 9.95. The number of rotatable bonds is 2. The Hall–Kier alpha value is -4.06. The third-order valence-corrected chi connectivity index (χ3v) is 6.90. The molecule has 0 saturated heterocycles. The summed E-state index contributed by atoms with van der Waals surface area (Å²) in [5.74, 6) is 4.39. The van der Waals surface area contributed by atoms with Crippen LogP contribution >= 0.6 is 0 Å². The number of aryl methyl sites for hydroxylation is 4. The molecule has 2 aromatic heterocycles. The molecular weight excluding hydrogens is 424 g/mol. The molecule has 0 saturated carbocycles. The summed E-state index contributed by atoms with van der Waals surface area (Å²) in [5.41, 5.74) is 8.82. The Morgan fingerprint density at radius 2 is 1.68 bits per heavy atom. The lowest BCUT2D eigenvalue weighted by Crippen LogP contribution is -2.14. The third-order valence-electron chi connectivity index (χ3n) is 6.90. The van der Waals surface area contributed by atoms with Crippen molar-refractivity contribution in [3.8, 4) is 40.0 Å². The summed E-state index contributed by atoms with van der Waals surface area (Å²) in [7, 11) is 0. The minimum absolute atomic E-state index is 0.458. The van der Waals surface area contributed by atoms with E-state index >= 15 is 0 Å². The number of aromatic nitrogens is 4. The van der Waals surface area contributed by atoms with Crippen molar-refractivity contribution >= 4 is 11.0 Å². The molecule has 2 aliphatic rings. The average molecular weight is 449 g/mol. The summed E-state index contributed by atoms with van der Waals surface area (Å²) < 4.78 is 17.0. The zero-order chi connectivity index (χ0) is 23.0. The van der Waals surface area contributed by atoms with Gasteiger partial charge < -0.3 is 14.0 Å². The van der Waals surface area contributed by atoms with E-state index in [9.17, 15) is 0 Å². The van der Waals surface area contributed by atoms with Gasteiger partial charge in [0, 0.05) is 18.3 Å². The Morgan fingerprint density at radius 1 is 0.882 bits per heavy atom. The molecule has 0 aliphatic carbocycles. The zero-order valence-electron chi connectivity index (χ0n) is 19.4. The van der Waals surface area contributed by atoms with Crippen molar-refractivity contribution in [2.24, 2.45) is 0 Å². The summed E-state index contributed by atoms with van der Waals surface area (Å²) >= 11 is 0. The second-order valence-corrected chi connectivity index (χ2v) is 9.26. The Labute approximate surface area is 197 Å². The maximum Gasteiger partial charge on any atom is 0.167 e. The molecular formula is C28H24N4O2. The predicted octanol–water partition coefficient (Wildman–Crippen LogP) is 6.19. The van der Waals surface area contributed by atoms with Crippen molar-refractivity contribution in [3.05, 3.63) is 77.1 Å². The number of hydrogen-bond acceptors (Lipinski definition) is 4. The van der Waals surface area contributed by atoms with Crippen LogP contribution in [-0.4, -0.2) is 19.1 Å². The van der Waals surface area contributed by atoms with Crippen LogP contribution in [0.1, 0.15) is 22.4 Å². The van der Waals surface area contributed by atoms with E-state index in [4.69, 9.17) is 19.4 Å². The molecule has 0 N–H and O–H groups in total. The second kappa shape index (κ2) is 6.97. The van der Waals surface area contributed by atoms with Gasteiger partial charge in [-0.25, -0.2) is 9.97 Å². The molecule has 0 bridgehead atoms. The van der Waals surface area contributed by atoms with E-state index < -0.39 is 0 Å². The first-order chi connectivity index (χ1) is 16.5. The Kier molecular flexibility index (Phi) is 3.98. The fourth-order valence-electron chi connectivity index (χ4n) is 5.37. The van der Waals surface area contributed by atoms with Crippen molar-refractivity contribution in [1.82, 2.24) is 19.1 Å². The molecule has 3 aromatic carbocycles. The number of benzene rings is 3. The van der Waals surface area contributed by atoms with E-state index in [1.54, 1.807) is 0 Å². The van der Waals surface area contributed by atoms with Crippen molar-refractivity contribution < 1.29 is 9.47 Å². The van der Waals surface area contributed by atoms with Gasteiger partial charge in [-0.1, -0.05) is 12.1 Å². The van der Waals surface area contributed by atoms with Gasteiger partial charge in [-0.05, 0) is 80.3 Å². The fourth-order valence-corrected chi connectivity index (χ4v) is 5.37. The highest BCUT2D eigenvalue weighted by Crippen LogP contribution is 2.42. The van der Waals surface area contributed by atoms with E-state index in [1.165, 1.54) is 11.1 Å². The Bertz CT molecular complexity index is 1630. The highest BCUT2D eigenvalue weighted by atomic mass is 16.5. The normalized spacial score (nSPS) is 13.6. The highest BCUT2D eigenvalue weighted by Gasteiger charge is 2.25. The SMILES string of the molecule is Cc1cn2c(n1)-c1cc(Oc3cc(C)c4c(c3)-c3nc5ccccc5n3CO4)cc(C)c1CC2. The maximum absolute atomic E-state index is 6.45. The van der Waals surface area contributed by atoms with E-state index in [1.807, 2.05) is 37.3 Å². The van der Waals surface area contributed by atoms with Crippen LogP contribution in [0, 0.1) is 20.8 Å². The lowest BCUT2D eigenvalue weighted by molar-refractivity contribution is 0.232. The fraction of sp³-hybridized carbons (Fsp3) is 0.214. The second-order valence-electron chi connectivity index (χ2n) is 9.26. The standard InChI is InChI=1S/C28H24N4O2/c1-16-10-19(12-22-21(16)8-9-31-14-18(3)29-27(22)31)34-20-11-17(2)26-23(13-20)28-30-24-6-4-5-7-25(24)32(28)15-33-26/h4-7,10-14H,8-9,15H2,1-3H3. The number of ether oxygens (including phenoxy) is 2. The largest absolute Gasteiger partial charge is 0.472 e. The monoisotopic (exact) mass is 448 g/mol. The number of imidazole rings is 2. The van der Waals surface area contributed by atoms with Gasteiger partial charge in [-0.15, -0.1) is 0 Å². The number of para-hydroxylation sites is 2. The van der Waals surface area contributed by atoms with Crippen LogP contribution in [0.5, 0.6) is 17.2 Å². The molecule has 7 rings (SSSR count). The molecule has 0 unspecified atom stereocenters. The van der Waals surface area contributed by atoms with Crippen molar-refractivity contribution in [2.75, 3.05) is 0 Å². The third kappa shape index (κ3) is 2.81. The molecule has 0 amide bonds. The minimum atomic E-state index is 0.458. The average Bonchev–Trinajstić information content (AvgIpc) is 3.39. The predicted molar refractivity (Wildman–Crippen MR) is 131 cm³/mol. The summed E-state index contributed by atoms with van der Waals surface area (Å²) in [5, 5.41) is 0. The molecule has 34 heavy (non-hydrogen) atoms.